The Balaban J connectivity index is 1.84. The molecular formula is C25H24FN3O6S. The number of fused-ring (bicyclic) bond motifs is 1. The minimum absolute atomic E-state index is 0.104. The van der Waals surface area contributed by atoms with E-state index in [-0.39, 0.29) is 50.9 Å². The van der Waals surface area contributed by atoms with Crippen molar-refractivity contribution in [2.75, 3.05) is 26.6 Å². The second-order valence-corrected chi connectivity index (χ2v) is 8.84. The number of nitrogens with zero attached hydrogens (tertiary/aromatic N) is 1. The van der Waals surface area contributed by atoms with E-state index in [1.54, 1.807) is 25.1 Å². The second kappa shape index (κ2) is 10.3. The van der Waals surface area contributed by atoms with Crippen molar-refractivity contribution in [3.05, 3.63) is 80.5 Å². The van der Waals surface area contributed by atoms with Crippen LogP contribution in [-0.4, -0.2) is 42.4 Å². The number of allylic oxidation sites excluding steroid dienone is 1. The molecule has 3 aromatic rings. The van der Waals surface area contributed by atoms with E-state index in [1.165, 1.54) is 51.3 Å². The first-order valence-corrected chi connectivity index (χ1v) is 11.8. The molecule has 188 valence electrons. The summed E-state index contributed by atoms with van der Waals surface area (Å²) in [6, 6.07) is 9.41. The van der Waals surface area contributed by atoms with Crippen LogP contribution >= 0.6 is 11.8 Å². The third-order valence-electron chi connectivity index (χ3n) is 5.78. The van der Waals surface area contributed by atoms with Gasteiger partial charge in [-0.3, -0.25) is 4.79 Å². The third-order valence-corrected chi connectivity index (χ3v) is 6.71. The second-order valence-electron chi connectivity index (χ2n) is 7.88. The zero-order chi connectivity index (χ0) is 26.0. The molecule has 4 rings (SSSR count). The fourth-order valence-corrected chi connectivity index (χ4v) is 4.90. The molecule has 3 N–H and O–H groups in total. The summed E-state index contributed by atoms with van der Waals surface area (Å²) < 4.78 is 29.6. The molecule has 9 nitrogen and oxygen atoms in total. The summed E-state index contributed by atoms with van der Waals surface area (Å²) in [6.45, 7) is 1.67. The van der Waals surface area contributed by atoms with Crippen molar-refractivity contribution in [3.63, 3.8) is 0 Å². The van der Waals surface area contributed by atoms with Gasteiger partial charge in [0.25, 0.3) is 5.56 Å². The maximum atomic E-state index is 14.0. The van der Waals surface area contributed by atoms with Crippen molar-refractivity contribution in [3.8, 4) is 17.2 Å². The van der Waals surface area contributed by atoms with E-state index in [0.717, 1.165) is 0 Å². The average Bonchev–Trinajstić information content (AvgIpc) is 2.87. The number of esters is 1. The molecule has 36 heavy (non-hydrogen) atoms. The number of ether oxygens (including phenoxy) is 3. The van der Waals surface area contributed by atoms with Gasteiger partial charge in [-0.25, -0.2) is 14.2 Å². The van der Waals surface area contributed by atoms with Crippen LogP contribution in [0, 0.1) is 5.82 Å². The molecule has 2 heterocycles. The summed E-state index contributed by atoms with van der Waals surface area (Å²) in [5.74, 6) is -1.40. The van der Waals surface area contributed by atoms with Gasteiger partial charge >= 0.3 is 5.97 Å². The van der Waals surface area contributed by atoms with Gasteiger partial charge in [0.05, 0.1) is 38.4 Å². The Hall–Kier alpha value is -3.99. The Morgan fingerprint density at radius 1 is 1.17 bits per heavy atom. The lowest BCUT2D eigenvalue weighted by Crippen LogP contribution is -2.31. The molecule has 0 saturated carbocycles. The number of phenols is 1. The van der Waals surface area contributed by atoms with E-state index in [2.05, 4.69) is 15.3 Å². The van der Waals surface area contributed by atoms with Gasteiger partial charge < -0.3 is 29.6 Å². The molecule has 0 radical (unpaired) electrons. The number of nitrogens with one attached hydrogen (secondary N) is 2. The Kier molecular flexibility index (Phi) is 7.20. The van der Waals surface area contributed by atoms with Gasteiger partial charge in [0, 0.05) is 11.4 Å². The highest BCUT2D eigenvalue weighted by molar-refractivity contribution is 7.98. The molecular weight excluding hydrogens is 489 g/mol. The van der Waals surface area contributed by atoms with Crippen LogP contribution in [0.15, 0.2) is 57.6 Å². The fraction of sp³-hybridized carbons (Fsp3) is 0.240. The smallest absolute Gasteiger partial charge is 0.336 e. The number of hydrogen-bond donors (Lipinski definition) is 3. The lowest BCUT2D eigenvalue weighted by Gasteiger charge is -2.29. The quantitative estimate of drug-likeness (QED) is 0.245. The topological polar surface area (TPSA) is 123 Å². The van der Waals surface area contributed by atoms with E-state index in [4.69, 9.17) is 14.2 Å². The minimum atomic E-state index is -0.904. The van der Waals surface area contributed by atoms with Gasteiger partial charge in [-0.2, -0.15) is 0 Å². The molecule has 0 amide bonds. The van der Waals surface area contributed by atoms with Crippen molar-refractivity contribution in [1.82, 2.24) is 9.97 Å². The number of benzene rings is 2. The van der Waals surface area contributed by atoms with E-state index in [1.807, 2.05) is 0 Å². The average molecular weight is 514 g/mol. The monoisotopic (exact) mass is 513 g/mol. The standard InChI is InChI=1S/C25H24FN3O6S/c1-12-18(24(32)35-4)19(14-9-16(33-2)21(30)17(10-14)34-3)20-22(27-12)28-25(29-23(20)31)36-11-13-7-5-6-8-15(13)26/h5-10,19,30H,11H2,1-4H3,(H2,27,28,29,31). The first-order valence-electron chi connectivity index (χ1n) is 10.8. The minimum Gasteiger partial charge on any atom is -0.502 e. The van der Waals surface area contributed by atoms with Gasteiger partial charge in [-0.05, 0) is 36.2 Å². The molecule has 0 aliphatic carbocycles. The Bertz CT molecular complexity index is 1400. The highest BCUT2D eigenvalue weighted by atomic mass is 32.2. The number of thioether (sulfide) groups is 1. The number of H-pyrrole nitrogens is 1. The van der Waals surface area contributed by atoms with Crippen LogP contribution in [0.5, 0.6) is 17.2 Å². The van der Waals surface area contributed by atoms with Gasteiger partial charge in [0.1, 0.15) is 11.6 Å². The van der Waals surface area contributed by atoms with Gasteiger partial charge in [0.15, 0.2) is 16.7 Å². The Morgan fingerprint density at radius 2 is 1.83 bits per heavy atom. The van der Waals surface area contributed by atoms with Crippen molar-refractivity contribution < 1.29 is 28.5 Å². The maximum absolute atomic E-state index is 14.0. The number of halogens is 1. The number of aromatic amines is 1. The van der Waals surface area contributed by atoms with Crippen LogP contribution in [0.4, 0.5) is 10.2 Å². The number of methoxy groups -OCH3 is 3. The SMILES string of the molecule is COC(=O)C1=C(C)Nc2nc(SCc3ccccc3F)[nH]c(=O)c2C1c1cc(OC)c(O)c(OC)c1. The number of carbonyl (C=O) groups excluding carboxylic acids is 1. The van der Waals surface area contributed by atoms with Crippen LogP contribution in [0.1, 0.15) is 29.5 Å². The first-order chi connectivity index (χ1) is 17.3. The number of carbonyl (C=O) groups is 1. The van der Waals surface area contributed by atoms with Crippen LogP contribution in [0.3, 0.4) is 0 Å². The molecule has 0 bridgehead atoms. The number of anilines is 1. The van der Waals surface area contributed by atoms with Gasteiger partial charge in [-0.15, -0.1) is 0 Å². The zero-order valence-electron chi connectivity index (χ0n) is 20.0. The Morgan fingerprint density at radius 3 is 2.44 bits per heavy atom. The summed E-state index contributed by atoms with van der Waals surface area (Å²) in [5.41, 5.74) is 1.23. The summed E-state index contributed by atoms with van der Waals surface area (Å²) in [6.07, 6.45) is 0. The molecule has 0 saturated heterocycles. The highest BCUT2D eigenvalue weighted by Crippen LogP contribution is 2.45. The number of hydrogen-bond acceptors (Lipinski definition) is 9. The summed E-state index contributed by atoms with van der Waals surface area (Å²) in [4.78, 5) is 33.5. The van der Waals surface area contributed by atoms with E-state index in [0.29, 0.717) is 16.8 Å². The van der Waals surface area contributed by atoms with Gasteiger partial charge in [0.2, 0.25) is 5.75 Å². The molecule has 0 fully saturated rings. The first kappa shape index (κ1) is 25.1. The fourth-order valence-electron chi connectivity index (χ4n) is 4.06. The molecule has 11 heteroatoms. The molecule has 2 aromatic carbocycles. The molecule has 1 unspecified atom stereocenters. The van der Waals surface area contributed by atoms with Crippen molar-refractivity contribution in [1.29, 1.82) is 0 Å². The predicted octanol–water partition coefficient (Wildman–Crippen LogP) is 3.93. The van der Waals surface area contributed by atoms with Crippen LogP contribution < -0.4 is 20.3 Å². The van der Waals surface area contributed by atoms with Crippen LogP contribution in [-0.2, 0) is 15.3 Å². The van der Waals surface area contributed by atoms with Crippen molar-refractivity contribution >= 4 is 23.5 Å². The number of phenolic OH excluding ortho intramolecular Hbond substituents is 1. The van der Waals surface area contributed by atoms with Crippen LogP contribution in [0.25, 0.3) is 0 Å². The molecule has 1 aliphatic rings. The van der Waals surface area contributed by atoms with Crippen LogP contribution in [0.2, 0.25) is 0 Å². The summed E-state index contributed by atoms with van der Waals surface area (Å²) in [7, 11) is 4.01. The van der Waals surface area contributed by atoms with E-state index in [9.17, 15) is 19.1 Å². The zero-order valence-corrected chi connectivity index (χ0v) is 20.8. The predicted molar refractivity (Wildman–Crippen MR) is 132 cm³/mol. The Labute approximate surface area is 210 Å². The van der Waals surface area contributed by atoms with E-state index < -0.39 is 17.4 Å². The van der Waals surface area contributed by atoms with Crippen molar-refractivity contribution in [2.24, 2.45) is 0 Å². The number of rotatable bonds is 7. The summed E-state index contributed by atoms with van der Waals surface area (Å²) >= 11 is 1.17. The molecule has 0 spiro atoms. The third kappa shape index (κ3) is 4.61. The normalized spacial score (nSPS) is 14.6. The molecule has 1 atom stereocenters. The number of aromatic hydroxyl groups is 1. The molecule has 1 aliphatic heterocycles. The van der Waals surface area contributed by atoms with Crippen molar-refractivity contribution in [2.45, 2.75) is 23.8 Å². The summed E-state index contributed by atoms with van der Waals surface area (Å²) in [5, 5.41) is 13.7. The lowest BCUT2D eigenvalue weighted by atomic mass is 9.82. The van der Waals surface area contributed by atoms with Gasteiger partial charge in [-0.1, -0.05) is 30.0 Å². The van der Waals surface area contributed by atoms with E-state index >= 15 is 0 Å². The largest absolute Gasteiger partial charge is 0.502 e. The molecule has 1 aromatic heterocycles. The highest BCUT2D eigenvalue weighted by Gasteiger charge is 2.37. The maximum Gasteiger partial charge on any atom is 0.336 e. The lowest BCUT2D eigenvalue weighted by molar-refractivity contribution is -0.136. The number of aromatic nitrogens is 2.